The summed E-state index contributed by atoms with van der Waals surface area (Å²) in [5.74, 6) is -0.0350. The van der Waals surface area contributed by atoms with E-state index in [0.717, 1.165) is 4.47 Å². The minimum Gasteiger partial charge on any atom is -0.346 e. The summed E-state index contributed by atoms with van der Waals surface area (Å²) < 4.78 is 2.90. The normalized spacial score (nSPS) is 11.0. The van der Waals surface area contributed by atoms with Crippen LogP contribution in [-0.4, -0.2) is 10.5 Å². The first kappa shape index (κ1) is 14.3. The number of halogens is 1. The molecule has 2 aromatic rings. The molecule has 2 heterocycles. The molecule has 0 saturated heterocycles. The van der Waals surface area contributed by atoms with Gasteiger partial charge in [-0.3, -0.25) is 4.79 Å². The van der Waals surface area contributed by atoms with Gasteiger partial charge in [0.2, 0.25) is 0 Å². The maximum absolute atomic E-state index is 12.2. The lowest BCUT2D eigenvalue weighted by molar-refractivity contribution is 0.0940. The molecule has 0 aliphatic carbocycles. The Labute approximate surface area is 125 Å². The first-order chi connectivity index (χ1) is 8.99. The summed E-state index contributed by atoms with van der Waals surface area (Å²) in [5.41, 5.74) is 1.92. The molecule has 19 heavy (non-hydrogen) atoms. The van der Waals surface area contributed by atoms with Crippen molar-refractivity contribution in [2.24, 2.45) is 0 Å². The molecule has 1 N–H and O–H groups in total. The van der Waals surface area contributed by atoms with Crippen molar-refractivity contribution in [2.45, 2.75) is 33.4 Å². The Hall–Kier alpha value is -1.07. The fraction of sp³-hybridized carbons (Fsp3) is 0.357. The summed E-state index contributed by atoms with van der Waals surface area (Å²) in [5, 5.41) is 5.03. The van der Waals surface area contributed by atoms with Crippen LogP contribution in [0.15, 0.2) is 28.2 Å². The molecule has 0 aromatic carbocycles. The van der Waals surface area contributed by atoms with Crippen molar-refractivity contribution in [3.63, 3.8) is 0 Å². The number of carbonyl (C=O) groups is 1. The van der Waals surface area contributed by atoms with Crippen molar-refractivity contribution >= 4 is 33.2 Å². The minimum absolute atomic E-state index is 0.0350. The second-order valence-corrected chi connectivity index (χ2v) is 6.67. The van der Waals surface area contributed by atoms with Gasteiger partial charge in [0.1, 0.15) is 5.69 Å². The van der Waals surface area contributed by atoms with E-state index < -0.39 is 0 Å². The Bertz CT molecular complexity index is 586. The molecule has 0 atom stereocenters. The number of amides is 1. The van der Waals surface area contributed by atoms with Crippen LogP contribution in [0, 0.1) is 6.92 Å². The minimum atomic E-state index is -0.0350. The standard InChI is InChI=1S/C14H17BrN2OS/c1-9(2)17-8-11(15)6-12(17)14(18)16-7-13-10(3)4-5-19-13/h4-6,8-9H,7H2,1-3H3,(H,16,18). The Morgan fingerprint density at radius 1 is 1.53 bits per heavy atom. The molecule has 2 rings (SSSR count). The predicted octanol–water partition coefficient (Wildman–Crippen LogP) is 4.13. The van der Waals surface area contributed by atoms with E-state index >= 15 is 0 Å². The van der Waals surface area contributed by atoms with Gasteiger partial charge in [-0.05, 0) is 59.8 Å². The highest BCUT2D eigenvalue weighted by atomic mass is 79.9. The van der Waals surface area contributed by atoms with Crippen LogP contribution in [0.2, 0.25) is 0 Å². The summed E-state index contributed by atoms with van der Waals surface area (Å²) in [6, 6.07) is 4.19. The van der Waals surface area contributed by atoms with Gasteiger partial charge in [0, 0.05) is 21.6 Å². The zero-order valence-electron chi connectivity index (χ0n) is 11.2. The number of rotatable bonds is 4. The van der Waals surface area contributed by atoms with Gasteiger partial charge in [-0.1, -0.05) is 0 Å². The van der Waals surface area contributed by atoms with E-state index in [1.807, 2.05) is 22.2 Å². The molecule has 3 nitrogen and oxygen atoms in total. The molecule has 0 bridgehead atoms. The zero-order valence-corrected chi connectivity index (χ0v) is 13.6. The Kier molecular flexibility index (Phi) is 4.47. The first-order valence-electron chi connectivity index (χ1n) is 6.17. The number of nitrogens with one attached hydrogen (secondary N) is 1. The van der Waals surface area contributed by atoms with Crippen LogP contribution in [-0.2, 0) is 6.54 Å². The van der Waals surface area contributed by atoms with Crippen LogP contribution in [0.1, 0.15) is 40.8 Å². The van der Waals surface area contributed by atoms with E-state index in [1.54, 1.807) is 11.3 Å². The van der Waals surface area contributed by atoms with E-state index in [0.29, 0.717) is 12.2 Å². The highest BCUT2D eigenvalue weighted by molar-refractivity contribution is 9.10. The van der Waals surface area contributed by atoms with E-state index in [9.17, 15) is 4.79 Å². The molecule has 0 radical (unpaired) electrons. The highest BCUT2D eigenvalue weighted by Gasteiger charge is 2.15. The molecule has 2 aromatic heterocycles. The number of hydrogen-bond acceptors (Lipinski definition) is 2. The van der Waals surface area contributed by atoms with Gasteiger partial charge in [0.05, 0.1) is 6.54 Å². The molecule has 5 heteroatoms. The summed E-state index contributed by atoms with van der Waals surface area (Å²) >= 11 is 5.09. The number of aryl methyl sites for hydroxylation is 1. The molecule has 0 unspecified atom stereocenters. The molecule has 0 saturated carbocycles. The summed E-state index contributed by atoms with van der Waals surface area (Å²) in [6.45, 7) is 6.77. The molecule has 0 aliphatic heterocycles. The van der Waals surface area contributed by atoms with E-state index in [1.165, 1.54) is 10.4 Å². The monoisotopic (exact) mass is 340 g/mol. The van der Waals surface area contributed by atoms with E-state index in [2.05, 4.69) is 48.1 Å². The highest BCUT2D eigenvalue weighted by Crippen LogP contribution is 2.20. The van der Waals surface area contributed by atoms with Crippen molar-refractivity contribution in [3.8, 4) is 0 Å². The molecule has 0 aliphatic rings. The van der Waals surface area contributed by atoms with Crippen LogP contribution < -0.4 is 5.32 Å². The van der Waals surface area contributed by atoms with Gasteiger partial charge >= 0.3 is 0 Å². The third-order valence-electron chi connectivity index (χ3n) is 2.98. The van der Waals surface area contributed by atoms with Gasteiger partial charge in [-0.15, -0.1) is 11.3 Å². The van der Waals surface area contributed by atoms with Crippen molar-refractivity contribution in [1.82, 2.24) is 9.88 Å². The van der Waals surface area contributed by atoms with Crippen LogP contribution >= 0.6 is 27.3 Å². The van der Waals surface area contributed by atoms with E-state index in [4.69, 9.17) is 0 Å². The molecule has 0 spiro atoms. The van der Waals surface area contributed by atoms with Gasteiger partial charge in [0.25, 0.3) is 5.91 Å². The van der Waals surface area contributed by atoms with Gasteiger partial charge in [0.15, 0.2) is 0 Å². The Morgan fingerprint density at radius 2 is 2.26 bits per heavy atom. The summed E-state index contributed by atoms with van der Waals surface area (Å²) in [7, 11) is 0. The van der Waals surface area contributed by atoms with Crippen LogP contribution in [0.4, 0.5) is 0 Å². The summed E-state index contributed by atoms with van der Waals surface area (Å²) in [4.78, 5) is 13.4. The lowest BCUT2D eigenvalue weighted by Crippen LogP contribution is -2.25. The maximum atomic E-state index is 12.2. The lowest BCUT2D eigenvalue weighted by atomic mass is 10.3. The number of aromatic nitrogens is 1. The molecule has 102 valence electrons. The van der Waals surface area contributed by atoms with Gasteiger partial charge in [-0.25, -0.2) is 0 Å². The summed E-state index contributed by atoms with van der Waals surface area (Å²) in [6.07, 6.45) is 1.94. The number of thiophene rings is 1. The first-order valence-corrected chi connectivity index (χ1v) is 7.85. The van der Waals surface area contributed by atoms with Gasteiger partial charge in [-0.2, -0.15) is 0 Å². The second-order valence-electron chi connectivity index (χ2n) is 4.75. The fourth-order valence-electron chi connectivity index (χ4n) is 1.89. The number of nitrogens with zero attached hydrogens (tertiary/aromatic N) is 1. The largest absolute Gasteiger partial charge is 0.346 e. The number of carbonyl (C=O) groups excluding carboxylic acids is 1. The maximum Gasteiger partial charge on any atom is 0.268 e. The zero-order chi connectivity index (χ0) is 14.0. The van der Waals surface area contributed by atoms with E-state index in [-0.39, 0.29) is 11.9 Å². The second kappa shape index (κ2) is 5.92. The number of hydrogen-bond donors (Lipinski definition) is 1. The third kappa shape index (κ3) is 3.28. The van der Waals surface area contributed by atoms with Crippen molar-refractivity contribution < 1.29 is 4.79 Å². The van der Waals surface area contributed by atoms with Crippen LogP contribution in [0.5, 0.6) is 0 Å². The van der Waals surface area contributed by atoms with Crippen molar-refractivity contribution in [1.29, 1.82) is 0 Å². The SMILES string of the molecule is Cc1ccsc1CNC(=O)c1cc(Br)cn1C(C)C. The van der Waals surface area contributed by atoms with Gasteiger partial charge < -0.3 is 9.88 Å². The van der Waals surface area contributed by atoms with Crippen molar-refractivity contribution in [2.75, 3.05) is 0 Å². The predicted molar refractivity (Wildman–Crippen MR) is 82.7 cm³/mol. The molecule has 0 fully saturated rings. The third-order valence-corrected chi connectivity index (χ3v) is 4.44. The fourth-order valence-corrected chi connectivity index (χ4v) is 3.17. The molecule has 1 amide bonds. The van der Waals surface area contributed by atoms with Crippen LogP contribution in [0.3, 0.4) is 0 Å². The topological polar surface area (TPSA) is 34.0 Å². The quantitative estimate of drug-likeness (QED) is 0.891. The average Bonchev–Trinajstić information content (AvgIpc) is 2.92. The molecular formula is C14H17BrN2OS. The molecular weight excluding hydrogens is 324 g/mol. The Morgan fingerprint density at radius 3 is 2.84 bits per heavy atom. The van der Waals surface area contributed by atoms with Crippen LogP contribution in [0.25, 0.3) is 0 Å². The average molecular weight is 341 g/mol. The van der Waals surface area contributed by atoms with Crippen molar-refractivity contribution in [3.05, 3.63) is 44.3 Å². The lowest BCUT2D eigenvalue weighted by Gasteiger charge is -2.12. The smallest absolute Gasteiger partial charge is 0.268 e. The Balaban J connectivity index is 2.10.